The summed E-state index contributed by atoms with van der Waals surface area (Å²) in [7, 11) is 0. The third kappa shape index (κ3) is 3.70. The number of ether oxygens (including phenoxy) is 2. The number of nitrogens with zero attached hydrogens (tertiary/aromatic N) is 1. The van der Waals surface area contributed by atoms with Gasteiger partial charge >= 0.3 is 6.09 Å². The Morgan fingerprint density at radius 2 is 2.00 bits per heavy atom. The van der Waals surface area contributed by atoms with E-state index in [4.69, 9.17) is 9.47 Å². The highest BCUT2D eigenvalue weighted by Crippen LogP contribution is 2.12. The molecule has 88 valence electrons. The van der Waals surface area contributed by atoms with E-state index in [1.807, 2.05) is 6.92 Å². The molecule has 1 heterocycles. The van der Waals surface area contributed by atoms with Gasteiger partial charge in [-0.15, -0.1) is 0 Å². The van der Waals surface area contributed by atoms with Crippen LogP contribution in [-0.4, -0.2) is 43.4 Å². The lowest BCUT2D eigenvalue weighted by atomic mass is 10.0. The molecule has 0 spiro atoms. The summed E-state index contributed by atoms with van der Waals surface area (Å²) in [5.41, 5.74) is 0. The van der Waals surface area contributed by atoms with Gasteiger partial charge in [0.25, 0.3) is 0 Å². The number of amides is 1. The largest absolute Gasteiger partial charge is 0.446 e. The number of morpholine rings is 1. The molecule has 2 unspecified atom stereocenters. The van der Waals surface area contributed by atoms with Crippen molar-refractivity contribution in [3.63, 3.8) is 0 Å². The molecule has 0 aromatic carbocycles. The van der Waals surface area contributed by atoms with Crippen LogP contribution < -0.4 is 0 Å². The number of hydrogen-bond acceptors (Lipinski definition) is 3. The van der Waals surface area contributed by atoms with Crippen molar-refractivity contribution >= 4 is 6.09 Å². The Bertz CT molecular complexity index is 202. The Morgan fingerprint density at radius 1 is 1.40 bits per heavy atom. The van der Waals surface area contributed by atoms with E-state index in [0.29, 0.717) is 32.2 Å². The first-order valence-electron chi connectivity index (χ1n) is 5.68. The lowest BCUT2D eigenvalue weighted by molar-refractivity contribution is 0.00580. The van der Waals surface area contributed by atoms with E-state index in [9.17, 15) is 4.79 Å². The summed E-state index contributed by atoms with van der Waals surface area (Å²) in [4.78, 5) is 13.4. The van der Waals surface area contributed by atoms with Gasteiger partial charge in [0.2, 0.25) is 0 Å². The van der Waals surface area contributed by atoms with Gasteiger partial charge in [0.15, 0.2) is 0 Å². The van der Waals surface area contributed by atoms with Gasteiger partial charge in [0.05, 0.1) is 13.2 Å². The Balaban J connectivity index is 2.33. The molecule has 4 nitrogen and oxygen atoms in total. The number of rotatable bonds is 3. The van der Waals surface area contributed by atoms with Gasteiger partial charge in [-0.3, -0.25) is 0 Å². The molecule has 0 aromatic heterocycles. The molecular formula is C11H21NO3. The van der Waals surface area contributed by atoms with Crippen LogP contribution in [0.25, 0.3) is 0 Å². The van der Waals surface area contributed by atoms with Crippen molar-refractivity contribution in [2.45, 2.75) is 33.3 Å². The summed E-state index contributed by atoms with van der Waals surface area (Å²) in [5, 5.41) is 0. The Morgan fingerprint density at radius 3 is 2.53 bits per heavy atom. The van der Waals surface area contributed by atoms with E-state index in [-0.39, 0.29) is 12.2 Å². The minimum Gasteiger partial charge on any atom is -0.446 e. The topological polar surface area (TPSA) is 38.8 Å². The van der Waals surface area contributed by atoms with Crippen molar-refractivity contribution in [2.24, 2.45) is 5.92 Å². The highest BCUT2D eigenvalue weighted by molar-refractivity contribution is 5.67. The van der Waals surface area contributed by atoms with Gasteiger partial charge in [-0.25, -0.2) is 4.79 Å². The fourth-order valence-electron chi connectivity index (χ4n) is 1.43. The van der Waals surface area contributed by atoms with Crippen LogP contribution in [0.1, 0.15) is 27.2 Å². The molecule has 0 bridgehead atoms. The highest BCUT2D eigenvalue weighted by Gasteiger charge is 2.22. The molecule has 1 aliphatic rings. The first kappa shape index (κ1) is 12.3. The second kappa shape index (κ2) is 5.95. The fraction of sp³-hybridized carbons (Fsp3) is 0.909. The molecule has 0 N–H and O–H groups in total. The van der Waals surface area contributed by atoms with Crippen molar-refractivity contribution in [1.29, 1.82) is 0 Å². The Labute approximate surface area is 91.5 Å². The first-order chi connectivity index (χ1) is 7.15. The molecule has 2 atom stereocenters. The minimum absolute atomic E-state index is 0.00894. The summed E-state index contributed by atoms with van der Waals surface area (Å²) in [6.45, 7) is 8.67. The van der Waals surface area contributed by atoms with Crippen molar-refractivity contribution in [3.8, 4) is 0 Å². The maximum Gasteiger partial charge on any atom is 0.410 e. The van der Waals surface area contributed by atoms with Gasteiger partial charge in [0.1, 0.15) is 6.10 Å². The zero-order valence-corrected chi connectivity index (χ0v) is 9.86. The monoisotopic (exact) mass is 215 g/mol. The van der Waals surface area contributed by atoms with Crippen molar-refractivity contribution in [3.05, 3.63) is 0 Å². The van der Waals surface area contributed by atoms with Crippen molar-refractivity contribution in [1.82, 2.24) is 4.90 Å². The van der Waals surface area contributed by atoms with Crippen LogP contribution in [0.2, 0.25) is 0 Å². The van der Waals surface area contributed by atoms with Gasteiger partial charge in [0, 0.05) is 13.1 Å². The zero-order valence-electron chi connectivity index (χ0n) is 9.86. The fourth-order valence-corrected chi connectivity index (χ4v) is 1.43. The molecule has 0 aromatic rings. The van der Waals surface area contributed by atoms with Crippen LogP contribution >= 0.6 is 0 Å². The van der Waals surface area contributed by atoms with Crippen LogP contribution in [0, 0.1) is 5.92 Å². The number of carbonyl (C=O) groups is 1. The highest BCUT2D eigenvalue weighted by atomic mass is 16.6. The molecule has 1 saturated heterocycles. The molecule has 0 radical (unpaired) electrons. The normalized spacial score (nSPS) is 20.9. The Kier molecular flexibility index (Phi) is 4.88. The van der Waals surface area contributed by atoms with E-state index in [1.165, 1.54) is 0 Å². The van der Waals surface area contributed by atoms with E-state index in [1.54, 1.807) is 4.90 Å². The molecule has 1 aliphatic heterocycles. The molecule has 1 rings (SSSR count). The molecule has 4 heteroatoms. The van der Waals surface area contributed by atoms with E-state index in [0.717, 1.165) is 6.42 Å². The number of carbonyl (C=O) groups excluding carboxylic acids is 1. The van der Waals surface area contributed by atoms with Crippen molar-refractivity contribution in [2.75, 3.05) is 26.3 Å². The summed E-state index contributed by atoms with van der Waals surface area (Å²) in [5.74, 6) is 0.412. The minimum atomic E-state index is -0.203. The summed E-state index contributed by atoms with van der Waals surface area (Å²) in [6.07, 6.45) is 0.814. The van der Waals surface area contributed by atoms with E-state index < -0.39 is 0 Å². The van der Waals surface area contributed by atoms with Crippen molar-refractivity contribution < 1.29 is 14.3 Å². The lowest BCUT2D eigenvalue weighted by Crippen LogP contribution is -2.42. The predicted octanol–water partition coefficient (Wildman–Crippen LogP) is 1.89. The van der Waals surface area contributed by atoms with Crippen LogP contribution in [0.15, 0.2) is 0 Å². The summed E-state index contributed by atoms with van der Waals surface area (Å²) >= 11 is 0. The molecular weight excluding hydrogens is 194 g/mol. The molecule has 1 fully saturated rings. The van der Waals surface area contributed by atoms with Crippen LogP contribution in [0.4, 0.5) is 4.79 Å². The number of hydrogen-bond donors (Lipinski definition) is 0. The van der Waals surface area contributed by atoms with E-state index in [2.05, 4.69) is 13.8 Å². The maximum atomic E-state index is 11.7. The zero-order chi connectivity index (χ0) is 11.3. The standard InChI is InChI=1S/C11H21NO3/c1-4-9(2)10(3)15-11(13)12-5-7-14-8-6-12/h9-10H,4-8H2,1-3H3. The quantitative estimate of drug-likeness (QED) is 0.721. The third-order valence-corrected chi connectivity index (χ3v) is 3.00. The van der Waals surface area contributed by atoms with Crippen LogP contribution in [0.3, 0.4) is 0 Å². The van der Waals surface area contributed by atoms with Crippen LogP contribution in [0.5, 0.6) is 0 Å². The second-order valence-electron chi connectivity index (χ2n) is 4.07. The maximum absolute atomic E-state index is 11.7. The van der Waals surface area contributed by atoms with E-state index >= 15 is 0 Å². The SMILES string of the molecule is CCC(C)C(C)OC(=O)N1CCOCC1. The predicted molar refractivity (Wildman–Crippen MR) is 57.8 cm³/mol. The van der Waals surface area contributed by atoms with Gasteiger partial charge in [-0.1, -0.05) is 20.3 Å². The average molecular weight is 215 g/mol. The summed E-state index contributed by atoms with van der Waals surface area (Å²) in [6, 6.07) is 0. The smallest absolute Gasteiger partial charge is 0.410 e. The summed E-state index contributed by atoms with van der Waals surface area (Å²) < 4.78 is 10.5. The molecule has 1 amide bonds. The van der Waals surface area contributed by atoms with Crippen LogP contribution in [-0.2, 0) is 9.47 Å². The molecule has 0 saturated carbocycles. The van der Waals surface area contributed by atoms with Gasteiger partial charge in [-0.05, 0) is 12.8 Å². The lowest BCUT2D eigenvalue weighted by Gasteiger charge is -2.28. The van der Waals surface area contributed by atoms with Gasteiger partial charge in [-0.2, -0.15) is 0 Å². The second-order valence-corrected chi connectivity index (χ2v) is 4.07. The average Bonchev–Trinajstić information content (AvgIpc) is 2.29. The first-order valence-corrected chi connectivity index (χ1v) is 5.68. The third-order valence-electron chi connectivity index (χ3n) is 3.00. The Hall–Kier alpha value is -0.770. The molecule has 15 heavy (non-hydrogen) atoms. The van der Waals surface area contributed by atoms with Gasteiger partial charge < -0.3 is 14.4 Å². The molecule has 0 aliphatic carbocycles.